The number of aryl methyl sites for hydroxylation is 3. The molecule has 2 aromatic heterocycles. The monoisotopic (exact) mass is 284 g/mol. The van der Waals surface area contributed by atoms with Gasteiger partial charge in [0, 0.05) is 7.05 Å². The number of H-pyrrole nitrogens is 1. The summed E-state index contributed by atoms with van der Waals surface area (Å²) in [5.41, 5.74) is 0.949. The second kappa shape index (κ2) is 4.74. The van der Waals surface area contributed by atoms with Gasteiger partial charge < -0.3 is 4.57 Å². The Balaban J connectivity index is 2.31. The molecule has 1 unspecified atom stereocenters. The lowest BCUT2D eigenvalue weighted by Crippen LogP contribution is -2.29. The standard InChI is InChI=1S/C10H16N6O2S/c1-6-9(7(2)13-12-6)19(17,18)15-8(3)10-14-11-5-16(10)4/h5,8,15H,1-4H3,(H,12,13). The van der Waals surface area contributed by atoms with Crippen molar-refractivity contribution in [3.05, 3.63) is 23.5 Å². The molecule has 0 aliphatic carbocycles. The summed E-state index contributed by atoms with van der Waals surface area (Å²) < 4.78 is 28.9. The molecule has 0 saturated heterocycles. The van der Waals surface area contributed by atoms with Crippen molar-refractivity contribution in [3.8, 4) is 0 Å². The fourth-order valence-electron chi connectivity index (χ4n) is 1.97. The van der Waals surface area contributed by atoms with E-state index < -0.39 is 16.1 Å². The first-order valence-electron chi connectivity index (χ1n) is 5.70. The van der Waals surface area contributed by atoms with Crippen LogP contribution in [-0.2, 0) is 17.1 Å². The minimum atomic E-state index is -3.65. The first-order chi connectivity index (χ1) is 8.83. The van der Waals surface area contributed by atoms with Crippen LogP contribution >= 0.6 is 0 Å². The fraction of sp³-hybridized carbons (Fsp3) is 0.500. The van der Waals surface area contributed by atoms with Crippen molar-refractivity contribution in [1.82, 2.24) is 29.7 Å². The van der Waals surface area contributed by atoms with Crippen molar-refractivity contribution in [2.24, 2.45) is 7.05 Å². The van der Waals surface area contributed by atoms with Crippen molar-refractivity contribution in [3.63, 3.8) is 0 Å². The highest BCUT2D eigenvalue weighted by molar-refractivity contribution is 7.89. The maximum absolute atomic E-state index is 12.3. The van der Waals surface area contributed by atoms with Crippen LogP contribution in [-0.4, -0.2) is 33.4 Å². The first kappa shape index (κ1) is 13.7. The molecule has 0 aromatic carbocycles. The summed E-state index contributed by atoms with van der Waals surface area (Å²) in [6.07, 6.45) is 1.52. The van der Waals surface area contributed by atoms with E-state index in [1.54, 1.807) is 32.4 Å². The average molecular weight is 284 g/mol. The highest BCUT2D eigenvalue weighted by Crippen LogP contribution is 2.19. The first-order valence-corrected chi connectivity index (χ1v) is 7.19. The Hall–Kier alpha value is -1.74. The van der Waals surface area contributed by atoms with Gasteiger partial charge in [-0.3, -0.25) is 5.10 Å². The quantitative estimate of drug-likeness (QED) is 0.834. The van der Waals surface area contributed by atoms with Gasteiger partial charge in [-0.25, -0.2) is 13.1 Å². The average Bonchev–Trinajstić information content (AvgIpc) is 2.84. The van der Waals surface area contributed by atoms with Crippen LogP contribution in [0.4, 0.5) is 0 Å². The third kappa shape index (κ3) is 2.51. The molecule has 2 N–H and O–H groups in total. The highest BCUT2D eigenvalue weighted by Gasteiger charge is 2.26. The number of sulfonamides is 1. The van der Waals surface area contributed by atoms with Gasteiger partial charge in [0.25, 0.3) is 0 Å². The number of aromatic amines is 1. The van der Waals surface area contributed by atoms with Crippen LogP contribution in [0.5, 0.6) is 0 Å². The second-order valence-corrected chi connectivity index (χ2v) is 6.06. The molecule has 104 valence electrons. The summed E-state index contributed by atoms with van der Waals surface area (Å²) in [5, 5.41) is 14.2. The van der Waals surface area contributed by atoms with Crippen LogP contribution in [0.25, 0.3) is 0 Å². The summed E-state index contributed by atoms with van der Waals surface area (Å²) in [5.74, 6) is 0.544. The van der Waals surface area contributed by atoms with Crippen molar-refractivity contribution >= 4 is 10.0 Å². The Morgan fingerprint density at radius 1 is 1.42 bits per heavy atom. The lowest BCUT2D eigenvalue weighted by Gasteiger charge is -2.13. The van der Waals surface area contributed by atoms with Crippen LogP contribution < -0.4 is 4.72 Å². The lowest BCUT2D eigenvalue weighted by molar-refractivity contribution is 0.552. The predicted octanol–water partition coefficient (Wildman–Crippen LogP) is 0.195. The van der Waals surface area contributed by atoms with E-state index in [1.807, 2.05) is 0 Å². The van der Waals surface area contributed by atoms with E-state index in [0.29, 0.717) is 17.2 Å². The zero-order valence-corrected chi connectivity index (χ0v) is 12.0. The van der Waals surface area contributed by atoms with Crippen LogP contribution in [0.3, 0.4) is 0 Å². The maximum Gasteiger partial charge on any atom is 0.244 e. The summed E-state index contributed by atoms with van der Waals surface area (Å²) in [6.45, 7) is 5.03. The zero-order valence-electron chi connectivity index (χ0n) is 11.2. The third-order valence-electron chi connectivity index (χ3n) is 2.79. The number of hydrogen-bond donors (Lipinski definition) is 2. The molecule has 0 saturated carbocycles. The van der Waals surface area contributed by atoms with Crippen molar-refractivity contribution in [2.45, 2.75) is 31.7 Å². The molecule has 0 aliphatic rings. The van der Waals surface area contributed by atoms with Gasteiger partial charge in [-0.05, 0) is 20.8 Å². The van der Waals surface area contributed by atoms with Crippen molar-refractivity contribution in [2.75, 3.05) is 0 Å². The second-order valence-electron chi connectivity index (χ2n) is 4.41. The highest BCUT2D eigenvalue weighted by atomic mass is 32.2. The molecule has 2 heterocycles. The van der Waals surface area contributed by atoms with E-state index in [-0.39, 0.29) is 4.90 Å². The van der Waals surface area contributed by atoms with Gasteiger partial charge in [0.2, 0.25) is 10.0 Å². The van der Waals surface area contributed by atoms with Crippen LogP contribution in [0.2, 0.25) is 0 Å². The summed E-state index contributed by atoms with van der Waals surface area (Å²) in [4.78, 5) is 0.182. The molecule has 8 nitrogen and oxygen atoms in total. The maximum atomic E-state index is 12.3. The van der Waals surface area contributed by atoms with E-state index in [1.165, 1.54) is 6.33 Å². The van der Waals surface area contributed by atoms with E-state index in [2.05, 4.69) is 25.1 Å². The number of nitrogens with zero attached hydrogens (tertiary/aromatic N) is 4. The zero-order chi connectivity index (χ0) is 14.2. The number of nitrogens with one attached hydrogen (secondary N) is 2. The van der Waals surface area contributed by atoms with Gasteiger partial charge in [-0.2, -0.15) is 5.10 Å². The van der Waals surface area contributed by atoms with Gasteiger partial charge in [0.1, 0.15) is 17.0 Å². The van der Waals surface area contributed by atoms with Gasteiger partial charge >= 0.3 is 0 Å². The minimum Gasteiger partial charge on any atom is -0.319 e. The van der Waals surface area contributed by atoms with Gasteiger partial charge in [-0.15, -0.1) is 10.2 Å². The SMILES string of the molecule is Cc1n[nH]c(C)c1S(=O)(=O)NC(C)c1nncn1C. The summed E-state index contributed by atoms with van der Waals surface area (Å²) in [6, 6.07) is -0.480. The molecule has 0 fully saturated rings. The van der Waals surface area contributed by atoms with E-state index in [9.17, 15) is 8.42 Å². The molecule has 0 amide bonds. The molecule has 0 aliphatic heterocycles. The Morgan fingerprint density at radius 3 is 2.58 bits per heavy atom. The largest absolute Gasteiger partial charge is 0.319 e. The smallest absolute Gasteiger partial charge is 0.244 e. The van der Waals surface area contributed by atoms with Gasteiger partial charge in [0.05, 0.1) is 17.4 Å². The fourth-order valence-corrected chi connectivity index (χ4v) is 3.54. The number of aromatic nitrogens is 5. The normalized spacial score (nSPS) is 13.7. The Kier molecular flexibility index (Phi) is 3.42. The molecular weight excluding hydrogens is 268 g/mol. The molecule has 9 heteroatoms. The van der Waals surface area contributed by atoms with Crippen LogP contribution in [0.1, 0.15) is 30.2 Å². The number of rotatable bonds is 4. The molecule has 0 spiro atoms. The molecule has 19 heavy (non-hydrogen) atoms. The van der Waals surface area contributed by atoms with Crippen LogP contribution in [0, 0.1) is 13.8 Å². The molecule has 0 bridgehead atoms. The van der Waals surface area contributed by atoms with Gasteiger partial charge in [-0.1, -0.05) is 0 Å². The Labute approximate surface area is 111 Å². The molecule has 1 atom stereocenters. The predicted molar refractivity (Wildman–Crippen MR) is 67.8 cm³/mol. The molecule has 2 rings (SSSR count). The van der Waals surface area contributed by atoms with Crippen molar-refractivity contribution in [1.29, 1.82) is 0 Å². The Morgan fingerprint density at radius 2 is 2.11 bits per heavy atom. The molecule has 2 aromatic rings. The Bertz CT molecular complexity index is 667. The third-order valence-corrected chi connectivity index (χ3v) is 4.60. The van der Waals surface area contributed by atoms with E-state index >= 15 is 0 Å². The minimum absolute atomic E-state index is 0.182. The van der Waals surface area contributed by atoms with Crippen LogP contribution in [0.15, 0.2) is 11.2 Å². The number of hydrogen-bond acceptors (Lipinski definition) is 5. The lowest BCUT2D eigenvalue weighted by atomic mass is 10.3. The van der Waals surface area contributed by atoms with Crippen molar-refractivity contribution < 1.29 is 8.42 Å². The van der Waals surface area contributed by atoms with E-state index in [0.717, 1.165) is 0 Å². The topological polar surface area (TPSA) is 106 Å². The van der Waals surface area contributed by atoms with E-state index in [4.69, 9.17) is 0 Å². The molecule has 0 radical (unpaired) electrons. The van der Waals surface area contributed by atoms with Gasteiger partial charge in [0.15, 0.2) is 0 Å². The summed E-state index contributed by atoms with van der Waals surface area (Å²) >= 11 is 0. The molecular formula is C10H16N6O2S. The summed E-state index contributed by atoms with van der Waals surface area (Å²) in [7, 11) is -1.89.